The van der Waals surface area contributed by atoms with E-state index >= 15 is 0 Å². The predicted molar refractivity (Wildman–Crippen MR) is 182 cm³/mol. The summed E-state index contributed by atoms with van der Waals surface area (Å²) in [6, 6.07) is 17.1. The van der Waals surface area contributed by atoms with Crippen molar-refractivity contribution in [2.45, 2.75) is 62.8 Å². The second-order valence-electron chi connectivity index (χ2n) is 12.8. The highest BCUT2D eigenvalue weighted by Gasteiger charge is 2.30. The Balaban J connectivity index is 1.19. The maximum atomic E-state index is 13.6. The van der Waals surface area contributed by atoms with Gasteiger partial charge in [-0.15, -0.1) is 0 Å². The van der Waals surface area contributed by atoms with Gasteiger partial charge in [0.1, 0.15) is 6.04 Å². The summed E-state index contributed by atoms with van der Waals surface area (Å²) in [4.78, 5) is 39.2. The van der Waals surface area contributed by atoms with Gasteiger partial charge in [-0.2, -0.15) is 4.31 Å². The van der Waals surface area contributed by atoms with Crippen molar-refractivity contribution in [1.29, 1.82) is 0 Å². The molecule has 248 valence electrons. The van der Waals surface area contributed by atoms with Crippen molar-refractivity contribution in [2.24, 2.45) is 17.6 Å². The molecule has 1 aromatic heterocycles. The van der Waals surface area contributed by atoms with E-state index in [4.69, 9.17) is 5.73 Å². The molecule has 1 aliphatic carbocycles. The topological polar surface area (TPSA) is 170 Å². The maximum Gasteiger partial charge on any atom is 0.271 e. The summed E-state index contributed by atoms with van der Waals surface area (Å²) in [5.41, 5.74) is 10.2. The first-order valence-corrected chi connectivity index (χ1v) is 17.8. The second kappa shape index (κ2) is 13.8. The van der Waals surface area contributed by atoms with Gasteiger partial charge in [-0.05, 0) is 110 Å². The number of sulfonamides is 1. The van der Waals surface area contributed by atoms with Gasteiger partial charge in [-0.3, -0.25) is 24.6 Å². The fraction of sp³-hybridized carbons (Fsp3) is 0.400. The van der Waals surface area contributed by atoms with Gasteiger partial charge < -0.3 is 16.4 Å². The van der Waals surface area contributed by atoms with Crippen LogP contribution in [-0.2, 0) is 26.0 Å². The zero-order chi connectivity index (χ0) is 33.1. The average molecular weight is 659 g/mol. The van der Waals surface area contributed by atoms with Gasteiger partial charge in [0.25, 0.3) is 5.56 Å². The van der Waals surface area contributed by atoms with Gasteiger partial charge >= 0.3 is 0 Å². The molecule has 2 fully saturated rings. The van der Waals surface area contributed by atoms with Crippen LogP contribution in [0, 0.1) is 18.8 Å². The van der Waals surface area contributed by atoms with Crippen molar-refractivity contribution in [3.05, 3.63) is 82.1 Å². The van der Waals surface area contributed by atoms with Crippen LogP contribution in [0.3, 0.4) is 0 Å². The van der Waals surface area contributed by atoms with Gasteiger partial charge in [-0.25, -0.2) is 8.42 Å². The number of nitrogens with zero attached hydrogens (tertiary/aromatic N) is 1. The van der Waals surface area contributed by atoms with Crippen molar-refractivity contribution in [2.75, 3.05) is 25.0 Å². The first-order valence-electron chi connectivity index (χ1n) is 16.3. The van der Waals surface area contributed by atoms with Gasteiger partial charge in [0, 0.05) is 31.1 Å². The van der Waals surface area contributed by atoms with Crippen molar-refractivity contribution in [3.63, 3.8) is 0 Å². The zero-order valence-electron chi connectivity index (χ0n) is 26.6. The molecule has 4 aromatic rings. The van der Waals surface area contributed by atoms with Crippen molar-refractivity contribution >= 4 is 38.4 Å². The molecular formula is C35H42N6O5S. The predicted octanol–water partition coefficient (Wildman–Crippen LogP) is 4.05. The molecule has 12 heteroatoms. The SMILES string of the molecule is Cc1cc(S(=O)(=O)N2CCCC2)ccc1-c1ccc(C[C@H](NC(=O)C2CCC(CN)CC2)C(=O)Nc2ccc3c(=O)[nH][nH]c3c2)cc1. The molecule has 3 aromatic carbocycles. The number of hydrogen-bond acceptors (Lipinski definition) is 6. The van der Waals surface area contributed by atoms with E-state index in [-0.39, 0.29) is 29.7 Å². The summed E-state index contributed by atoms with van der Waals surface area (Å²) >= 11 is 0. The molecule has 0 spiro atoms. The third-order valence-corrected chi connectivity index (χ3v) is 11.5. The first-order chi connectivity index (χ1) is 22.6. The quantitative estimate of drug-likeness (QED) is 0.172. The molecule has 6 N–H and O–H groups in total. The molecule has 0 bridgehead atoms. The highest BCUT2D eigenvalue weighted by molar-refractivity contribution is 7.89. The number of amides is 2. The van der Waals surface area contributed by atoms with Crippen molar-refractivity contribution in [1.82, 2.24) is 19.8 Å². The monoisotopic (exact) mass is 658 g/mol. The number of benzene rings is 3. The number of carbonyl (C=O) groups is 2. The number of nitrogens with one attached hydrogen (secondary N) is 4. The summed E-state index contributed by atoms with van der Waals surface area (Å²) in [5, 5.41) is 11.8. The van der Waals surface area contributed by atoms with Crippen LogP contribution in [0.25, 0.3) is 22.0 Å². The Morgan fingerprint density at radius 3 is 2.36 bits per heavy atom. The molecule has 47 heavy (non-hydrogen) atoms. The maximum absolute atomic E-state index is 13.6. The van der Waals surface area contributed by atoms with Crippen molar-refractivity contribution in [3.8, 4) is 11.1 Å². The van der Waals surface area contributed by atoms with E-state index in [0.29, 0.717) is 47.0 Å². The van der Waals surface area contributed by atoms with E-state index in [2.05, 4.69) is 20.8 Å². The molecule has 1 atom stereocenters. The summed E-state index contributed by atoms with van der Waals surface area (Å²) in [5.74, 6) is -0.235. The van der Waals surface area contributed by atoms with E-state index in [1.807, 2.05) is 37.3 Å². The molecule has 0 unspecified atom stereocenters. The number of fused-ring (bicyclic) bond motifs is 1. The molecule has 11 nitrogen and oxygen atoms in total. The van der Waals surface area contributed by atoms with Crippen LogP contribution in [0.15, 0.2) is 70.4 Å². The number of carbonyl (C=O) groups excluding carboxylic acids is 2. The van der Waals surface area contributed by atoms with E-state index in [1.54, 1.807) is 34.6 Å². The number of hydrogen-bond donors (Lipinski definition) is 5. The summed E-state index contributed by atoms with van der Waals surface area (Å²) in [7, 11) is -3.51. The van der Waals surface area contributed by atoms with Crippen LogP contribution in [0.1, 0.15) is 49.7 Å². The van der Waals surface area contributed by atoms with Crippen LogP contribution in [0.4, 0.5) is 5.69 Å². The number of H-pyrrole nitrogens is 2. The second-order valence-corrected chi connectivity index (χ2v) is 14.8. The largest absolute Gasteiger partial charge is 0.344 e. The molecule has 0 radical (unpaired) electrons. The number of aromatic nitrogens is 2. The first kappa shape index (κ1) is 32.7. The minimum atomic E-state index is -3.51. The third-order valence-electron chi connectivity index (χ3n) is 9.63. The summed E-state index contributed by atoms with van der Waals surface area (Å²) in [6.07, 6.45) is 5.31. The number of aromatic amines is 2. The zero-order valence-corrected chi connectivity index (χ0v) is 27.4. The lowest BCUT2D eigenvalue weighted by Gasteiger charge is -2.28. The highest BCUT2D eigenvalue weighted by atomic mass is 32.2. The lowest BCUT2D eigenvalue weighted by molar-refractivity contribution is -0.130. The average Bonchev–Trinajstić information content (AvgIpc) is 3.76. The number of anilines is 1. The van der Waals surface area contributed by atoms with E-state index in [1.165, 1.54) is 0 Å². The van der Waals surface area contributed by atoms with E-state index < -0.39 is 16.1 Å². The van der Waals surface area contributed by atoms with Crippen molar-refractivity contribution < 1.29 is 18.0 Å². The Morgan fingerprint density at radius 2 is 1.68 bits per heavy atom. The molecular weight excluding hydrogens is 616 g/mol. The molecule has 2 heterocycles. The van der Waals surface area contributed by atoms with Crippen LogP contribution in [-0.4, -0.2) is 60.4 Å². The normalized spacial score (nSPS) is 19.4. The molecule has 1 saturated carbocycles. The van der Waals surface area contributed by atoms with Crippen LogP contribution < -0.4 is 21.9 Å². The Bertz CT molecular complexity index is 1920. The molecule has 6 rings (SSSR count). The molecule has 1 saturated heterocycles. The summed E-state index contributed by atoms with van der Waals surface area (Å²) < 4.78 is 27.7. The van der Waals surface area contributed by atoms with Gasteiger partial charge in [0.15, 0.2) is 0 Å². The van der Waals surface area contributed by atoms with E-state index in [9.17, 15) is 22.8 Å². The molecule has 2 aliphatic rings. The molecule has 1 aliphatic heterocycles. The van der Waals surface area contributed by atoms with E-state index in [0.717, 1.165) is 60.8 Å². The smallest absolute Gasteiger partial charge is 0.271 e. The highest BCUT2D eigenvalue weighted by Crippen LogP contribution is 2.30. The Morgan fingerprint density at radius 1 is 0.957 bits per heavy atom. The standard InChI is InChI=1S/C35H42N6O5S/c1-22-18-28(47(45,46)41-16-2-3-17-41)13-15-29(22)25-8-4-23(5-9-25)19-32(38-33(42)26-10-6-24(21-36)7-11-26)35(44)37-27-12-14-30-31(20-27)39-40-34(30)43/h4-5,8-9,12-15,18,20,24,26,32H,2-3,6-7,10-11,16-17,19,21,36H2,1H3,(H,37,44)(H,38,42)(H2,39,40,43)/t24?,26?,32-/m0/s1. The number of nitrogens with two attached hydrogens (primary N) is 1. The van der Waals surface area contributed by atoms with Crippen LogP contribution in [0.2, 0.25) is 0 Å². The minimum Gasteiger partial charge on any atom is -0.344 e. The van der Waals surface area contributed by atoms with Crippen LogP contribution in [0.5, 0.6) is 0 Å². The Labute approximate surface area is 274 Å². The number of rotatable bonds is 10. The Kier molecular flexibility index (Phi) is 9.62. The van der Waals surface area contributed by atoms with Crippen LogP contribution >= 0.6 is 0 Å². The van der Waals surface area contributed by atoms with Gasteiger partial charge in [0.05, 0.1) is 15.8 Å². The fourth-order valence-electron chi connectivity index (χ4n) is 6.76. The minimum absolute atomic E-state index is 0.137. The lowest BCUT2D eigenvalue weighted by atomic mass is 9.81. The van der Waals surface area contributed by atoms with Gasteiger partial charge in [0.2, 0.25) is 21.8 Å². The Hall–Kier alpha value is -4.26. The molecule has 2 amide bonds. The summed E-state index contributed by atoms with van der Waals surface area (Å²) in [6.45, 7) is 3.64. The third kappa shape index (κ3) is 7.19. The fourth-order valence-corrected chi connectivity index (χ4v) is 8.36. The van der Waals surface area contributed by atoms with Gasteiger partial charge in [-0.1, -0.05) is 30.3 Å². The number of aryl methyl sites for hydroxylation is 1. The lowest BCUT2D eigenvalue weighted by Crippen LogP contribution is -2.48.